The van der Waals surface area contributed by atoms with Crippen molar-refractivity contribution in [2.75, 3.05) is 0 Å². The minimum Gasteiger partial charge on any atom is -0.489 e. The lowest BCUT2D eigenvalue weighted by atomic mass is 9.94. The highest BCUT2D eigenvalue weighted by molar-refractivity contribution is 7.80. The Morgan fingerprint density at radius 3 is 2.62 bits per heavy atom. The van der Waals surface area contributed by atoms with E-state index < -0.39 is 0 Å². The molecule has 0 spiro atoms. The van der Waals surface area contributed by atoms with Gasteiger partial charge in [-0.15, -0.1) is 0 Å². The standard InChI is InChI=1S/C24H26N2O2S/c1-17-6-5-7-19(14-17)16-28-21-12-10-18(11-13-21)15-22-23(27)26(24(29)25-22)20-8-3-2-4-9-20/h5-7,10-15,20H,2-4,8-9,16H2,1H3,(H,25,29)/b22-15-. The number of aryl methyl sites for hydroxylation is 1. The van der Waals surface area contributed by atoms with E-state index in [-0.39, 0.29) is 11.9 Å². The van der Waals surface area contributed by atoms with Crippen LogP contribution in [0.5, 0.6) is 5.75 Å². The van der Waals surface area contributed by atoms with Crippen LogP contribution in [0.3, 0.4) is 0 Å². The van der Waals surface area contributed by atoms with Gasteiger partial charge in [0, 0.05) is 6.04 Å². The van der Waals surface area contributed by atoms with Gasteiger partial charge >= 0.3 is 0 Å². The molecule has 4 rings (SSSR count). The van der Waals surface area contributed by atoms with Crippen molar-refractivity contribution in [2.24, 2.45) is 0 Å². The van der Waals surface area contributed by atoms with Crippen molar-refractivity contribution < 1.29 is 9.53 Å². The summed E-state index contributed by atoms with van der Waals surface area (Å²) in [6, 6.07) is 16.3. The Hall–Kier alpha value is -2.66. The van der Waals surface area contributed by atoms with Crippen molar-refractivity contribution in [3.63, 3.8) is 0 Å². The highest BCUT2D eigenvalue weighted by atomic mass is 32.1. The predicted molar refractivity (Wildman–Crippen MR) is 119 cm³/mol. The second-order valence-electron chi connectivity index (χ2n) is 7.80. The van der Waals surface area contributed by atoms with Crippen molar-refractivity contribution in [2.45, 2.75) is 51.7 Å². The molecule has 29 heavy (non-hydrogen) atoms. The lowest BCUT2D eigenvalue weighted by molar-refractivity contribution is -0.124. The molecule has 1 saturated heterocycles. The largest absolute Gasteiger partial charge is 0.489 e. The molecule has 0 bridgehead atoms. The molecule has 0 unspecified atom stereocenters. The molecule has 5 heteroatoms. The summed E-state index contributed by atoms with van der Waals surface area (Å²) in [5.41, 5.74) is 3.86. The maximum Gasteiger partial charge on any atom is 0.276 e. The van der Waals surface area contributed by atoms with Crippen molar-refractivity contribution >= 4 is 29.3 Å². The minimum absolute atomic E-state index is 0.0123. The van der Waals surface area contributed by atoms with E-state index >= 15 is 0 Å². The van der Waals surface area contributed by atoms with Crippen molar-refractivity contribution in [1.82, 2.24) is 10.2 Å². The molecule has 2 fully saturated rings. The van der Waals surface area contributed by atoms with Gasteiger partial charge in [-0.2, -0.15) is 0 Å². The van der Waals surface area contributed by atoms with E-state index in [0.717, 1.165) is 29.7 Å². The number of rotatable bonds is 5. The topological polar surface area (TPSA) is 41.6 Å². The third-order valence-electron chi connectivity index (χ3n) is 5.53. The number of hydrogen-bond acceptors (Lipinski definition) is 3. The SMILES string of the molecule is Cc1cccc(COc2ccc(/C=C3\NC(=S)N(C4CCCCC4)C3=O)cc2)c1. The van der Waals surface area contributed by atoms with E-state index in [0.29, 0.717) is 17.4 Å². The zero-order valence-corrected chi connectivity index (χ0v) is 17.5. The normalized spacial score (nSPS) is 18.9. The first kappa shape index (κ1) is 19.6. The Morgan fingerprint density at radius 2 is 1.90 bits per heavy atom. The molecule has 1 aliphatic carbocycles. The number of ether oxygens (including phenoxy) is 1. The Labute approximate surface area is 177 Å². The molecule has 2 aliphatic rings. The number of carbonyl (C=O) groups excluding carboxylic acids is 1. The molecule has 2 aromatic carbocycles. The molecule has 1 heterocycles. The van der Waals surface area contributed by atoms with Gasteiger partial charge in [-0.1, -0.05) is 61.2 Å². The van der Waals surface area contributed by atoms with Gasteiger partial charge in [0.1, 0.15) is 18.1 Å². The molecule has 2 aromatic rings. The molecule has 1 saturated carbocycles. The smallest absolute Gasteiger partial charge is 0.276 e. The summed E-state index contributed by atoms with van der Waals surface area (Å²) in [5.74, 6) is 0.792. The lowest BCUT2D eigenvalue weighted by Crippen LogP contribution is -2.41. The van der Waals surface area contributed by atoms with Crippen LogP contribution in [0.15, 0.2) is 54.2 Å². The predicted octanol–water partition coefficient (Wildman–Crippen LogP) is 4.96. The van der Waals surface area contributed by atoms with Gasteiger partial charge in [-0.3, -0.25) is 9.69 Å². The van der Waals surface area contributed by atoms with Crippen LogP contribution in [0.2, 0.25) is 0 Å². The van der Waals surface area contributed by atoms with Crippen LogP contribution in [0.25, 0.3) is 6.08 Å². The summed E-state index contributed by atoms with van der Waals surface area (Å²) in [5, 5.41) is 3.64. The Kier molecular flexibility index (Phi) is 5.95. The first-order chi connectivity index (χ1) is 14.1. The summed E-state index contributed by atoms with van der Waals surface area (Å²) in [7, 11) is 0. The van der Waals surface area contributed by atoms with Gasteiger partial charge in [-0.25, -0.2) is 0 Å². The fraction of sp³-hybridized carbons (Fsp3) is 0.333. The van der Waals surface area contributed by atoms with Crippen LogP contribution in [0.1, 0.15) is 48.8 Å². The number of carbonyl (C=O) groups is 1. The molecule has 1 aliphatic heterocycles. The van der Waals surface area contributed by atoms with Gasteiger partial charge in [-0.05, 0) is 61.3 Å². The van der Waals surface area contributed by atoms with Crippen LogP contribution in [-0.4, -0.2) is 22.0 Å². The van der Waals surface area contributed by atoms with Crippen LogP contribution in [0.4, 0.5) is 0 Å². The maximum absolute atomic E-state index is 12.9. The zero-order chi connectivity index (χ0) is 20.2. The van der Waals surface area contributed by atoms with Crippen molar-refractivity contribution in [1.29, 1.82) is 0 Å². The zero-order valence-electron chi connectivity index (χ0n) is 16.7. The average molecular weight is 407 g/mol. The number of benzene rings is 2. The Morgan fingerprint density at radius 1 is 1.14 bits per heavy atom. The Balaban J connectivity index is 1.40. The molecule has 0 atom stereocenters. The lowest BCUT2D eigenvalue weighted by Gasteiger charge is -2.29. The Bertz CT molecular complexity index is 930. The third-order valence-corrected chi connectivity index (χ3v) is 5.83. The monoisotopic (exact) mass is 406 g/mol. The first-order valence-electron chi connectivity index (χ1n) is 10.2. The second-order valence-corrected chi connectivity index (χ2v) is 8.19. The first-order valence-corrected chi connectivity index (χ1v) is 10.7. The van der Waals surface area contributed by atoms with Crippen LogP contribution >= 0.6 is 12.2 Å². The van der Waals surface area contributed by atoms with Crippen molar-refractivity contribution in [3.05, 3.63) is 70.9 Å². The number of amides is 1. The van der Waals surface area contributed by atoms with E-state index in [1.165, 1.54) is 24.8 Å². The highest BCUT2D eigenvalue weighted by Crippen LogP contribution is 2.27. The summed E-state index contributed by atoms with van der Waals surface area (Å²) in [6.07, 6.45) is 7.52. The van der Waals surface area contributed by atoms with Crippen LogP contribution in [0, 0.1) is 6.92 Å². The molecule has 1 N–H and O–H groups in total. The van der Waals surface area contributed by atoms with E-state index in [1.807, 2.05) is 36.4 Å². The summed E-state index contributed by atoms with van der Waals surface area (Å²) < 4.78 is 5.87. The molecular weight excluding hydrogens is 380 g/mol. The number of nitrogens with one attached hydrogen (secondary N) is 1. The summed E-state index contributed by atoms with van der Waals surface area (Å²) in [6.45, 7) is 2.61. The number of hydrogen-bond donors (Lipinski definition) is 1. The third kappa shape index (κ3) is 4.67. The van der Waals surface area contributed by atoms with Gasteiger partial charge < -0.3 is 10.1 Å². The second kappa shape index (κ2) is 8.78. The summed E-state index contributed by atoms with van der Waals surface area (Å²) >= 11 is 5.44. The molecule has 1 amide bonds. The van der Waals surface area contributed by atoms with Gasteiger partial charge in [0.15, 0.2) is 5.11 Å². The summed E-state index contributed by atoms with van der Waals surface area (Å²) in [4.78, 5) is 14.6. The van der Waals surface area contributed by atoms with Gasteiger partial charge in [0.05, 0.1) is 0 Å². The number of nitrogens with zero attached hydrogens (tertiary/aromatic N) is 1. The molecule has 4 nitrogen and oxygen atoms in total. The van der Waals surface area contributed by atoms with E-state index in [9.17, 15) is 4.79 Å². The van der Waals surface area contributed by atoms with Crippen LogP contribution in [-0.2, 0) is 11.4 Å². The van der Waals surface area contributed by atoms with E-state index in [1.54, 1.807) is 4.90 Å². The maximum atomic E-state index is 12.9. The minimum atomic E-state index is -0.0123. The van der Waals surface area contributed by atoms with Crippen LogP contribution < -0.4 is 10.1 Å². The number of thiocarbonyl (C=S) groups is 1. The molecular formula is C24H26N2O2S. The fourth-order valence-electron chi connectivity index (χ4n) is 4.02. The quantitative estimate of drug-likeness (QED) is 0.563. The molecule has 0 radical (unpaired) electrons. The fourth-order valence-corrected chi connectivity index (χ4v) is 4.36. The van der Waals surface area contributed by atoms with Gasteiger partial charge in [0.25, 0.3) is 5.91 Å². The molecule has 150 valence electrons. The average Bonchev–Trinajstić information content (AvgIpc) is 3.01. The van der Waals surface area contributed by atoms with E-state index in [4.69, 9.17) is 17.0 Å². The molecule has 0 aromatic heterocycles. The van der Waals surface area contributed by atoms with Crippen molar-refractivity contribution in [3.8, 4) is 5.75 Å². The highest BCUT2D eigenvalue weighted by Gasteiger charge is 2.36. The van der Waals surface area contributed by atoms with Gasteiger partial charge in [0.2, 0.25) is 0 Å². The van der Waals surface area contributed by atoms with E-state index in [2.05, 4.69) is 30.4 Å².